The summed E-state index contributed by atoms with van der Waals surface area (Å²) < 4.78 is 24.9. The molecular weight excluding hydrogens is 449 g/mol. The van der Waals surface area contributed by atoms with Crippen LogP contribution >= 0.6 is 12.4 Å². The molecule has 0 bridgehead atoms. The normalized spacial score (nSPS) is 22.2. The van der Waals surface area contributed by atoms with Crippen molar-refractivity contribution in [3.63, 3.8) is 0 Å². The molecule has 4 N–H and O–H groups in total. The molecule has 0 spiro atoms. The van der Waals surface area contributed by atoms with Gasteiger partial charge in [0.05, 0.1) is 6.04 Å². The minimum atomic E-state index is -1.01. The van der Waals surface area contributed by atoms with Gasteiger partial charge in [-0.3, -0.25) is 4.90 Å². The SMILES string of the molecule is Cl.NC1CNCC(C2C=C(Oc3ccc(OCc4cccc(F)c4)cc3)C=CN2C(=O)O)C1. The first-order valence-corrected chi connectivity index (χ1v) is 10.5. The highest BCUT2D eigenvalue weighted by Gasteiger charge is 2.33. The summed E-state index contributed by atoms with van der Waals surface area (Å²) in [5.41, 5.74) is 6.81. The molecule has 0 saturated carbocycles. The van der Waals surface area contributed by atoms with Crippen LogP contribution in [0, 0.1) is 11.7 Å². The van der Waals surface area contributed by atoms with Crippen molar-refractivity contribution in [3.8, 4) is 11.5 Å². The Morgan fingerprint density at radius 3 is 2.64 bits per heavy atom. The smallest absolute Gasteiger partial charge is 0.411 e. The third kappa shape index (κ3) is 6.47. The Morgan fingerprint density at radius 2 is 1.94 bits per heavy atom. The molecule has 2 aliphatic rings. The van der Waals surface area contributed by atoms with Gasteiger partial charge in [0, 0.05) is 25.3 Å². The van der Waals surface area contributed by atoms with E-state index in [4.69, 9.17) is 15.2 Å². The summed E-state index contributed by atoms with van der Waals surface area (Å²) in [6.45, 7) is 1.68. The predicted molar refractivity (Wildman–Crippen MR) is 125 cm³/mol. The number of ether oxygens (including phenoxy) is 2. The molecule has 0 radical (unpaired) electrons. The number of amides is 1. The predicted octanol–water partition coefficient (Wildman–Crippen LogP) is 3.90. The molecule has 3 atom stereocenters. The Labute approximate surface area is 198 Å². The van der Waals surface area contributed by atoms with Crippen molar-refractivity contribution < 1.29 is 23.8 Å². The molecule has 2 aromatic carbocycles. The van der Waals surface area contributed by atoms with Crippen LogP contribution < -0.4 is 20.5 Å². The second kappa shape index (κ2) is 11.2. The van der Waals surface area contributed by atoms with Gasteiger partial charge in [-0.15, -0.1) is 12.4 Å². The molecule has 2 heterocycles. The Bertz CT molecular complexity index is 1020. The van der Waals surface area contributed by atoms with E-state index in [1.807, 2.05) is 6.08 Å². The van der Waals surface area contributed by atoms with Crippen LogP contribution in [0.25, 0.3) is 0 Å². The summed E-state index contributed by atoms with van der Waals surface area (Å²) in [4.78, 5) is 13.0. The van der Waals surface area contributed by atoms with Gasteiger partial charge in [-0.05, 0) is 66.5 Å². The van der Waals surface area contributed by atoms with Crippen LogP contribution in [0.1, 0.15) is 12.0 Å². The molecule has 2 aromatic rings. The topological polar surface area (TPSA) is 97.1 Å². The molecule has 2 aliphatic heterocycles. The zero-order valence-corrected chi connectivity index (χ0v) is 18.7. The quantitative estimate of drug-likeness (QED) is 0.586. The minimum absolute atomic E-state index is 0. The van der Waals surface area contributed by atoms with Crippen LogP contribution in [-0.2, 0) is 6.61 Å². The van der Waals surface area contributed by atoms with Crippen molar-refractivity contribution in [2.45, 2.75) is 25.1 Å². The van der Waals surface area contributed by atoms with Gasteiger partial charge in [-0.25, -0.2) is 9.18 Å². The van der Waals surface area contributed by atoms with Crippen molar-refractivity contribution in [3.05, 3.63) is 84.0 Å². The number of halogens is 2. The highest BCUT2D eigenvalue weighted by atomic mass is 35.5. The van der Waals surface area contributed by atoms with Crippen molar-refractivity contribution in [1.82, 2.24) is 10.2 Å². The van der Waals surface area contributed by atoms with Crippen LogP contribution in [-0.4, -0.2) is 41.3 Å². The van der Waals surface area contributed by atoms with E-state index in [1.165, 1.54) is 23.2 Å². The van der Waals surface area contributed by atoms with E-state index < -0.39 is 6.09 Å². The number of nitrogens with two attached hydrogens (primary N) is 1. The minimum Gasteiger partial charge on any atom is -0.489 e. The van der Waals surface area contributed by atoms with Gasteiger partial charge in [0.15, 0.2) is 0 Å². The maximum absolute atomic E-state index is 13.3. The van der Waals surface area contributed by atoms with E-state index in [0.29, 0.717) is 23.8 Å². The molecule has 7 nitrogen and oxygen atoms in total. The summed E-state index contributed by atoms with van der Waals surface area (Å²) >= 11 is 0. The van der Waals surface area contributed by atoms with Crippen LogP contribution in [0.3, 0.4) is 0 Å². The highest BCUT2D eigenvalue weighted by molar-refractivity contribution is 5.85. The monoisotopic (exact) mass is 475 g/mol. The van der Waals surface area contributed by atoms with Crippen molar-refractivity contribution in [1.29, 1.82) is 0 Å². The first-order valence-electron chi connectivity index (χ1n) is 10.5. The number of hydrogen-bond acceptors (Lipinski definition) is 5. The Hall–Kier alpha value is -3.07. The fraction of sp³-hybridized carbons (Fsp3) is 0.292. The van der Waals surface area contributed by atoms with Crippen molar-refractivity contribution >= 4 is 18.5 Å². The zero-order chi connectivity index (χ0) is 22.5. The number of piperidine rings is 1. The number of allylic oxidation sites excluding steroid dienone is 1. The number of carbonyl (C=O) groups is 1. The van der Waals surface area contributed by atoms with E-state index in [2.05, 4.69) is 5.32 Å². The highest BCUT2D eigenvalue weighted by Crippen LogP contribution is 2.27. The summed E-state index contributed by atoms with van der Waals surface area (Å²) in [6, 6.07) is 13.0. The average molecular weight is 476 g/mol. The average Bonchev–Trinajstić information content (AvgIpc) is 2.78. The lowest BCUT2D eigenvalue weighted by molar-refractivity contribution is 0.133. The molecule has 33 heavy (non-hydrogen) atoms. The summed E-state index contributed by atoms with van der Waals surface area (Å²) in [5, 5.41) is 12.8. The Balaban J connectivity index is 0.00000306. The summed E-state index contributed by atoms with van der Waals surface area (Å²) in [7, 11) is 0. The molecule has 4 rings (SSSR count). The van der Waals surface area contributed by atoms with Gasteiger partial charge in [-0.2, -0.15) is 0 Å². The molecule has 3 unspecified atom stereocenters. The molecule has 0 aliphatic carbocycles. The second-order valence-corrected chi connectivity index (χ2v) is 7.97. The number of hydrogen-bond donors (Lipinski definition) is 3. The molecule has 1 fully saturated rings. The number of carboxylic acid groups (broad SMARTS) is 1. The lowest BCUT2D eigenvalue weighted by Crippen LogP contribution is -2.52. The van der Waals surface area contributed by atoms with Crippen LogP contribution in [0.2, 0.25) is 0 Å². The van der Waals surface area contributed by atoms with E-state index >= 15 is 0 Å². The molecule has 0 aromatic heterocycles. The van der Waals surface area contributed by atoms with E-state index in [-0.39, 0.29) is 42.8 Å². The number of benzene rings is 2. The lowest BCUT2D eigenvalue weighted by atomic mass is 9.87. The van der Waals surface area contributed by atoms with Gasteiger partial charge >= 0.3 is 6.09 Å². The third-order valence-electron chi connectivity index (χ3n) is 5.53. The molecule has 9 heteroatoms. The molecule has 1 saturated heterocycles. The van der Waals surface area contributed by atoms with Crippen LogP contribution in [0.4, 0.5) is 9.18 Å². The van der Waals surface area contributed by atoms with Gasteiger partial charge in [0.2, 0.25) is 0 Å². The first kappa shape index (κ1) is 24.6. The van der Waals surface area contributed by atoms with E-state index in [1.54, 1.807) is 42.5 Å². The lowest BCUT2D eigenvalue weighted by Gasteiger charge is -2.37. The van der Waals surface area contributed by atoms with Crippen LogP contribution in [0.15, 0.2) is 72.6 Å². The van der Waals surface area contributed by atoms with Gasteiger partial charge < -0.3 is 25.6 Å². The number of nitrogens with one attached hydrogen (secondary N) is 1. The van der Waals surface area contributed by atoms with Gasteiger partial charge in [0.25, 0.3) is 0 Å². The van der Waals surface area contributed by atoms with E-state index in [0.717, 1.165) is 18.5 Å². The number of nitrogens with zero attached hydrogens (tertiary/aromatic N) is 1. The maximum Gasteiger partial charge on any atom is 0.411 e. The molecular formula is C24H27ClFN3O4. The van der Waals surface area contributed by atoms with Gasteiger partial charge in [-0.1, -0.05) is 12.1 Å². The molecule has 1 amide bonds. The third-order valence-corrected chi connectivity index (χ3v) is 5.53. The number of rotatable bonds is 6. The van der Waals surface area contributed by atoms with Crippen molar-refractivity contribution in [2.24, 2.45) is 11.7 Å². The van der Waals surface area contributed by atoms with E-state index in [9.17, 15) is 14.3 Å². The largest absolute Gasteiger partial charge is 0.489 e. The fourth-order valence-corrected chi connectivity index (χ4v) is 3.98. The summed E-state index contributed by atoms with van der Waals surface area (Å²) in [5.74, 6) is 1.55. The first-order chi connectivity index (χ1) is 15.5. The standard InChI is InChI=1S/C24H26FN3O4.ClH/c25-18-3-1-2-16(10-18)15-31-20-4-6-21(7-5-20)32-22-8-9-28(24(29)30)23(12-22)17-11-19(26)14-27-13-17;/h1-10,12,17,19,23,27H,11,13-15,26H2,(H,29,30);1H. The molecule has 176 valence electrons. The van der Waals surface area contributed by atoms with Gasteiger partial charge in [0.1, 0.15) is 29.7 Å². The Morgan fingerprint density at radius 1 is 1.18 bits per heavy atom. The van der Waals surface area contributed by atoms with Crippen molar-refractivity contribution in [2.75, 3.05) is 13.1 Å². The van der Waals surface area contributed by atoms with Crippen LogP contribution in [0.5, 0.6) is 11.5 Å². The fourth-order valence-electron chi connectivity index (χ4n) is 3.98. The second-order valence-electron chi connectivity index (χ2n) is 7.97. The maximum atomic E-state index is 13.3. The zero-order valence-electron chi connectivity index (χ0n) is 17.9. The Kier molecular flexibility index (Phi) is 8.32. The summed E-state index contributed by atoms with van der Waals surface area (Å²) in [6.07, 6.45) is 4.71.